The molecule has 0 spiro atoms. The minimum Gasteiger partial charge on any atom is -0.481 e. The lowest BCUT2D eigenvalue weighted by Gasteiger charge is -2.09. The van der Waals surface area contributed by atoms with Crippen LogP contribution >= 0.6 is 0 Å². The van der Waals surface area contributed by atoms with Crippen molar-refractivity contribution >= 4 is 5.97 Å². The van der Waals surface area contributed by atoms with Crippen LogP contribution in [0, 0.1) is 0 Å². The Hall–Kier alpha value is -2.05. The number of aliphatic carboxylic acids is 1. The molecule has 702 valence electrons. The highest BCUT2D eigenvalue weighted by Gasteiger charge is 2.05. The van der Waals surface area contributed by atoms with Crippen molar-refractivity contribution < 1.29 is 185 Å². The molecule has 40 heteroatoms. The van der Waals surface area contributed by atoms with Gasteiger partial charge >= 0.3 is 5.97 Å². The number of hydrogen-bond donors (Lipinski definition) is 2. The Morgan fingerprint density at radius 2 is 0.179 bits per heavy atom. The minimum absolute atomic E-state index is 0.0126. The average molecular weight is 1720 g/mol. The number of ether oxygens (including phenoxy) is 37. The summed E-state index contributed by atoms with van der Waals surface area (Å²) in [5, 5.41) is 8.54. The number of carbonyl (C=O) groups is 1. The molecule has 0 atom stereocenters. The second-order valence-corrected chi connectivity index (χ2v) is 23.6. The molecule has 40 nitrogen and oxygen atoms in total. The molecule has 117 heavy (non-hydrogen) atoms. The molecule has 0 amide bonds. The Bertz CT molecular complexity index is 1700. The van der Waals surface area contributed by atoms with E-state index in [0.717, 1.165) is 0 Å². The molecule has 0 aliphatic rings. The van der Waals surface area contributed by atoms with Gasteiger partial charge in [0.05, 0.1) is 495 Å². The van der Waals surface area contributed by atoms with Crippen LogP contribution in [0.15, 0.2) is 0 Å². The Balaban J connectivity index is 3.10. The molecule has 0 rings (SSSR count). The molecule has 3 N–H and O–H groups in total. The molecule has 0 fully saturated rings. The second-order valence-electron chi connectivity index (χ2n) is 23.6. The highest BCUT2D eigenvalue weighted by Crippen LogP contribution is 1.95. The van der Waals surface area contributed by atoms with Crippen molar-refractivity contribution in [2.24, 2.45) is 5.73 Å². The number of nitrogens with two attached hydrogens (primary N) is 1. The fraction of sp³-hybridized carbons (Fsp3) is 0.987. The summed E-state index contributed by atoms with van der Waals surface area (Å²) < 4.78 is 203. The van der Waals surface area contributed by atoms with Crippen molar-refractivity contribution in [2.75, 3.05) is 495 Å². The summed E-state index contributed by atoms with van der Waals surface area (Å²) in [7, 11) is 0. The third kappa shape index (κ3) is 114. The van der Waals surface area contributed by atoms with Crippen LogP contribution in [-0.2, 0) is 180 Å². The molecule has 0 aromatic carbocycles. The first-order chi connectivity index (χ1) is 58.3. The van der Waals surface area contributed by atoms with E-state index in [1.807, 2.05) is 0 Å². The molecule has 0 heterocycles. The van der Waals surface area contributed by atoms with Crippen LogP contribution in [0.3, 0.4) is 0 Å². The Labute approximate surface area is 696 Å². The SMILES string of the molecule is NCCOCCOCCOCCOCCOCCOCCOCCOCCOCCOCCOCCOCCOCCOCCOCCOCCOCCOCCOCCOCCOCCOCCOCCOCCOCCOCCOCCOCCOCCOCCOCCOCCOCCOCCOCCOCCOCCC(=O)O. The lowest BCUT2D eigenvalue weighted by molar-refractivity contribution is -0.138. The van der Waals surface area contributed by atoms with Gasteiger partial charge in [-0.3, -0.25) is 4.79 Å². The first-order valence-electron chi connectivity index (χ1n) is 41.6. The first kappa shape index (κ1) is 115. The lowest BCUT2D eigenvalue weighted by Crippen LogP contribution is -2.16. The van der Waals surface area contributed by atoms with E-state index < -0.39 is 5.97 Å². The van der Waals surface area contributed by atoms with Crippen LogP contribution in [-0.4, -0.2) is 507 Å². The maximum absolute atomic E-state index is 10.4. The third-order valence-electron chi connectivity index (χ3n) is 14.1. The van der Waals surface area contributed by atoms with E-state index in [-0.39, 0.29) is 13.0 Å². The summed E-state index contributed by atoms with van der Waals surface area (Å²) in [4.78, 5) is 10.4. The maximum atomic E-state index is 10.4. The average Bonchev–Trinajstić information content (AvgIpc) is 2.45. The summed E-state index contributed by atoms with van der Waals surface area (Å²) in [6.07, 6.45) is -0.0126. The van der Waals surface area contributed by atoms with Gasteiger partial charge in [0.1, 0.15) is 0 Å². The molecular weight excluding hydrogens is 1560 g/mol. The lowest BCUT2D eigenvalue weighted by atomic mass is 10.5. The van der Waals surface area contributed by atoms with Crippen molar-refractivity contribution in [1.29, 1.82) is 0 Å². The fourth-order valence-electron chi connectivity index (χ4n) is 8.26. The first-order valence-corrected chi connectivity index (χ1v) is 41.6. The molecule has 0 saturated heterocycles. The highest BCUT2D eigenvalue weighted by atomic mass is 16.6. The zero-order chi connectivity index (χ0) is 83.5. The van der Waals surface area contributed by atoms with E-state index >= 15 is 0 Å². The van der Waals surface area contributed by atoms with Crippen molar-refractivity contribution in [3.05, 3.63) is 0 Å². The van der Waals surface area contributed by atoms with Crippen LogP contribution in [0.25, 0.3) is 0 Å². The van der Waals surface area contributed by atoms with Gasteiger partial charge in [-0.25, -0.2) is 0 Å². The van der Waals surface area contributed by atoms with Gasteiger partial charge in [-0.05, 0) is 0 Å². The van der Waals surface area contributed by atoms with Gasteiger partial charge in [0, 0.05) is 6.54 Å². The fourth-order valence-corrected chi connectivity index (χ4v) is 8.26. The van der Waals surface area contributed by atoms with E-state index in [9.17, 15) is 4.79 Å². The minimum atomic E-state index is -0.882. The van der Waals surface area contributed by atoms with Crippen LogP contribution < -0.4 is 5.73 Å². The van der Waals surface area contributed by atoms with E-state index in [1.54, 1.807) is 0 Å². The van der Waals surface area contributed by atoms with E-state index in [4.69, 9.17) is 186 Å². The predicted octanol–water partition coefficient (Wildman–Crippen LogP) is 0.0340. The van der Waals surface area contributed by atoms with Crippen molar-refractivity contribution in [3.63, 3.8) is 0 Å². The van der Waals surface area contributed by atoms with Gasteiger partial charge in [-0.15, -0.1) is 0 Å². The monoisotopic (exact) mass is 1720 g/mol. The molecular formula is C77H155NO39. The van der Waals surface area contributed by atoms with Gasteiger partial charge in [-0.1, -0.05) is 0 Å². The van der Waals surface area contributed by atoms with E-state index in [2.05, 4.69) is 0 Å². The zero-order valence-electron chi connectivity index (χ0n) is 70.8. The highest BCUT2D eigenvalue weighted by molar-refractivity contribution is 5.66. The standard InChI is InChI=1S/C77H155NO39/c78-2-4-82-6-8-84-10-12-86-14-16-88-18-20-90-22-24-92-26-28-94-30-32-96-34-36-98-38-40-100-42-44-102-46-48-104-50-52-106-54-56-108-58-60-110-62-64-112-66-68-114-70-72-116-74-76-117-75-73-115-71-69-113-67-65-111-63-61-109-59-57-107-55-53-105-51-49-103-47-45-101-43-41-99-39-37-97-35-33-95-31-29-93-27-25-91-23-21-89-19-17-87-15-13-85-11-9-83-7-5-81-3-1-77(79)80/h1-76,78H2,(H,79,80). The smallest absolute Gasteiger partial charge is 0.305 e. The molecule has 0 aliphatic heterocycles. The van der Waals surface area contributed by atoms with E-state index in [0.29, 0.717) is 489 Å². The molecule has 0 aromatic heterocycles. The Kier molecular flexibility index (Phi) is 110. The van der Waals surface area contributed by atoms with Crippen molar-refractivity contribution in [3.8, 4) is 0 Å². The van der Waals surface area contributed by atoms with E-state index in [1.165, 1.54) is 0 Å². The van der Waals surface area contributed by atoms with Gasteiger partial charge in [0.25, 0.3) is 0 Å². The zero-order valence-corrected chi connectivity index (χ0v) is 70.8. The Morgan fingerprint density at radius 3 is 0.239 bits per heavy atom. The summed E-state index contributed by atoms with van der Waals surface area (Å²) in [6, 6.07) is 0. The number of rotatable bonds is 113. The third-order valence-corrected chi connectivity index (χ3v) is 14.1. The molecule has 0 unspecified atom stereocenters. The van der Waals surface area contributed by atoms with Crippen LogP contribution in [0.5, 0.6) is 0 Å². The van der Waals surface area contributed by atoms with Crippen LogP contribution in [0.1, 0.15) is 6.42 Å². The summed E-state index contributed by atoms with van der Waals surface area (Å²) in [5.41, 5.74) is 5.35. The largest absolute Gasteiger partial charge is 0.481 e. The quantitative estimate of drug-likeness (QED) is 0.0759. The Morgan fingerprint density at radius 1 is 0.120 bits per heavy atom. The summed E-state index contributed by atoms with van der Waals surface area (Å²) >= 11 is 0. The summed E-state index contributed by atoms with van der Waals surface area (Å²) in [6.45, 7) is 35.5. The van der Waals surface area contributed by atoms with Crippen LogP contribution in [0.2, 0.25) is 0 Å². The number of hydrogen-bond acceptors (Lipinski definition) is 39. The maximum Gasteiger partial charge on any atom is 0.305 e. The van der Waals surface area contributed by atoms with Gasteiger partial charge < -0.3 is 186 Å². The second kappa shape index (κ2) is 112. The molecule has 0 bridgehead atoms. The molecule has 0 saturated carbocycles. The van der Waals surface area contributed by atoms with Gasteiger partial charge in [0.15, 0.2) is 0 Å². The molecule has 0 aromatic rings. The van der Waals surface area contributed by atoms with Crippen LogP contribution in [0.4, 0.5) is 0 Å². The topological polar surface area (TPSA) is 405 Å². The molecule has 0 radical (unpaired) electrons. The number of carboxylic acids is 1. The van der Waals surface area contributed by atoms with Gasteiger partial charge in [0.2, 0.25) is 0 Å². The van der Waals surface area contributed by atoms with Gasteiger partial charge in [-0.2, -0.15) is 0 Å². The van der Waals surface area contributed by atoms with Crippen molar-refractivity contribution in [1.82, 2.24) is 0 Å². The predicted molar refractivity (Wildman–Crippen MR) is 422 cm³/mol. The normalized spacial score (nSPS) is 11.8. The summed E-state index contributed by atoms with van der Waals surface area (Å²) in [5.74, 6) is -0.882. The number of carboxylic acid groups (broad SMARTS) is 1. The van der Waals surface area contributed by atoms with Crippen molar-refractivity contribution in [2.45, 2.75) is 6.42 Å². The molecule has 0 aliphatic carbocycles.